The van der Waals surface area contributed by atoms with E-state index in [1.54, 1.807) is 7.11 Å². The Morgan fingerprint density at radius 2 is 2.19 bits per heavy atom. The van der Waals surface area contributed by atoms with E-state index >= 15 is 0 Å². The third-order valence-electron chi connectivity index (χ3n) is 4.93. The van der Waals surface area contributed by atoms with Crippen molar-refractivity contribution in [3.63, 3.8) is 0 Å². The third-order valence-corrected chi connectivity index (χ3v) is 4.93. The van der Waals surface area contributed by atoms with Crippen LogP contribution in [0.25, 0.3) is 22.0 Å². The lowest BCUT2D eigenvalue weighted by atomic mass is 10.0. The molecule has 1 atom stereocenters. The van der Waals surface area contributed by atoms with Crippen LogP contribution in [-0.2, 0) is 11.3 Å². The largest absolute Gasteiger partial charge is 0.496 e. The summed E-state index contributed by atoms with van der Waals surface area (Å²) in [5.74, 6) is 0.606. The van der Waals surface area contributed by atoms with Crippen LogP contribution in [0.4, 0.5) is 0 Å². The van der Waals surface area contributed by atoms with Crippen molar-refractivity contribution in [3.8, 4) is 17.0 Å². The molecule has 2 heterocycles. The highest BCUT2D eigenvalue weighted by Crippen LogP contribution is 2.36. The molecule has 134 valence electrons. The maximum atomic E-state index is 11.4. The van der Waals surface area contributed by atoms with Crippen molar-refractivity contribution in [3.05, 3.63) is 48.2 Å². The van der Waals surface area contributed by atoms with Crippen LogP contribution >= 0.6 is 0 Å². The average molecular weight is 352 g/mol. The predicted octanol–water partition coefficient (Wildman–Crippen LogP) is 3.55. The molecule has 3 aromatic rings. The van der Waals surface area contributed by atoms with Gasteiger partial charge in [0.2, 0.25) is 0 Å². The summed E-state index contributed by atoms with van der Waals surface area (Å²) in [6, 6.07) is 13.4. The van der Waals surface area contributed by atoms with Crippen LogP contribution in [0.15, 0.2) is 47.0 Å². The van der Waals surface area contributed by atoms with Crippen LogP contribution in [0.3, 0.4) is 0 Å². The van der Waals surface area contributed by atoms with Crippen molar-refractivity contribution >= 4 is 16.7 Å². The van der Waals surface area contributed by atoms with Crippen LogP contribution in [0, 0.1) is 0 Å². The predicted molar refractivity (Wildman–Crippen MR) is 97.1 cm³/mol. The molecule has 6 nitrogen and oxygen atoms in total. The van der Waals surface area contributed by atoms with E-state index in [1.807, 2.05) is 47.4 Å². The number of methoxy groups -OCH3 is 1. The van der Waals surface area contributed by atoms with E-state index in [0.717, 1.165) is 35.1 Å². The number of fused-ring (bicyclic) bond motifs is 1. The Labute approximate surface area is 151 Å². The number of hydrogen-bond donors (Lipinski definition) is 1. The van der Waals surface area contributed by atoms with Gasteiger partial charge in [-0.15, -0.1) is 0 Å². The molecule has 0 spiro atoms. The molecule has 6 heteroatoms. The van der Waals surface area contributed by atoms with Gasteiger partial charge in [0.15, 0.2) is 5.76 Å². The summed E-state index contributed by atoms with van der Waals surface area (Å²) in [6.45, 7) is 1.20. The van der Waals surface area contributed by atoms with Gasteiger partial charge in [0.1, 0.15) is 17.5 Å². The highest BCUT2D eigenvalue weighted by molar-refractivity contribution is 5.98. The molecule has 0 amide bonds. The summed E-state index contributed by atoms with van der Waals surface area (Å²) < 4.78 is 11.0. The molecule has 1 aliphatic heterocycles. The van der Waals surface area contributed by atoms with Gasteiger partial charge in [-0.1, -0.05) is 35.5 Å². The zero-order valence-corrected chi connectivity index (χ0v) is 14.5. The van der Waals surface area contributed by atoms with Crippen LogP contribution in [-0.4, -0.2) is 40.8 Å². The van der Waals surface area contributed by atoms with Crippen molar-refractivity contribution in [1.29, 1.82) is 0 Å². The van der Waals surface area contributed by atoms with Gasteiger partial charge in [-0.2, -0.15) is 0 Å². The number of rotatable bonds is 5. The smallest absolute Gasteiger partial charge is 0.320 e. The number of hydrogen-bond acceptors (Lipinski definition) is 5. The second kappa shape index (κ2) is 6.80. The molecular formula is C20H20N2O4. The number of benzene rings is 2. The second-order valence-electron chi connectivity index (χ2n) is 6.51. The minimum atomic E-state index is -0.780. The molecule has 0 bridgehead atoms. The highest BCUT2D eigenvalue weighted by atomic mass is 16.5. The molecule has 1 fully saturated rings. The lowest BCUT2D eigenvalue weighted by Crippen LogP contribution is -2.35. The van der Waals surface area contributed by atoms with Crippen molar-refractivity contribution in [2.75, 3.05) is 13.7 Å². The van der Waals surface area contributed by atoms with E-state index in [4.69, 9.17) is 9.26 Å². The van der Waals surface area contributed by atoms with Gasteiger partial charge in [0.25, 0.3) is 0 Å². The number of aliphatic carboxylic acids is 1. The Morgan fingerprint density at radius 3 is 3.00 bits per heavy atom. The Morgan fingerprint density at radius 1 is 1.35 bits per heavy atom. The van der Waals surface area contributed by atoms with Gasteiger partial charge < -0.3 is 14.4 Å². The van der Waals surface area contributed by atoms with Crippen LogP contribution in [0.5, 0.6) is 5.75 Å². The summed E-state index contributed by atoms with van der Waals surface area (Å²) in [7, 11) is 1.64. The van der Waals surface area contributed by atoms with Gasteiger partial charge in [-0.25, -0.2) is 0 Å². The molecule has 0 aliphatic carbocycles. The number of carboxylic acid groups (broad SMARTS) is 1. The van der Waals surface area contributed by atoms with Gasteiger partial charge in [-0.3, -0.25) is 9.69 Å². The molecule has 0 saturated carbocycles. The molecule has 1 N–H and O–H groups in total. The number of nitrogens with zero attached hydrogens (tertiary/aromatic N) is 2. The number of likely N-dealkylation sites (tertiary alicyclic amines) is 1. The maximum Gasteiger partial charge on any atom is 0.320 e. The van der Waals surface area contributed by atoms with E-state index < -0.39 is 12.0 Å². The van der Waals surface area contributed by atoms with Crippen molar-refractivity contribution in [2.45, 2.75) is 25.4 Å². The van der Waals surface area contributed by atoms with E-state index in [0.29, 0.717) is 24.4 Å². The summed E-state index contributed by atoms with van der Waals surface area (Å²) in [5, 5.41) is 15.7. The van der Waals surface area contributed by atoms with E-state index in [9.17, 15) is 9.90 Å². The quantitative estimate of drug-likeness (QED) is 0.757. The number of carbonyl (C=O) groups is 1. The third kappa shape index (κ3) is 2.93. The summed E-state index contributed by atoms with van der Waals surface area (Å²) in [6.07, 6.45) is 1.56. The van der Waals surface area contributed by atoms with E-state index in [2.05, 4.69) is 5.16 Å². The Hall–Kier alpha value is -2.86. The minimum Gasteiger partial charge on any atom is -0.496 e. The number of aromatic nitrogens is 1. The molecule has 0 radical (unpaired) electrons. The molecule has 0 unspecified atom stereocenters. The fraction of sp³-hybridized carbons (Fsp3) is 0.300. The molecule has 1 aromatic heterocycles. The number of ether oxygens (including phenoxy) is 1. The summed E-state index contributed by atoms with van der Waals surface area (Å²) in [5.41, 5.74) is 1.58. The van der Waals surface area contributed by atoms with Crippen molar-refractivity contribution in [2.24, 2.45) is 0 Å². The average Bonchev–Trinajstić information content (AvgIpc) is 3.30. The molecule has 26 heavy (non-hydrogen) atoms. The fourth-order valence-corrected chi connectivity index (χ4v) is 3.69. The van der Waals surface area contributed by atoms with Gasteiger partial charge in [0, 0.05) is 6.07 Å². The lowest BCUT2D eigenvalue weighted by molar-refractivity contribution is -0.142. The highest BCUT2D eigenvalue weighted by Gasteiger charge is 2.31. The first-order valence-corrected chi connectivity index (χ1v) is 8.66. The standard InChI is InChI=1S/C20H20N2O4/c1-25-18-9-8-13-5-2-3-6-15(13)19(18)16-11-14(26-21-16)12-22-10-4-7-17(22)20(23)24/h2-3,5-6,8-9,11,17H,4,7,10,12H2,1H3,(H,23,24)/t17-/m1/s1. The Balaban J connectivity index is 1.68. The van der Waals surface area contributed by atoms with Crippen molar-refractivity contribution in [1.82, 2.24) is 10.1 Å². The summed E-state index contributed by atoms with van der Waals surface area (Å²) >= 11 is 0. The molecular weight excluding hydrogens is 332 g/mol. The monoisotopic (exact) mass is 352 g/mol. The van der Waals surface area contributed by atoms with Crippen LogP contribution in [0.1, 0.15) is 18.6 Å². The maximum absolute atomic E-state index is 11.4. The molecule has 1 saturated heterocycles. The van der Waals surface area contributed by atoms with Crippen LogP contribution < -0.4 is 4.74 Å². The van der Waals surface area contributed by atoms with Crippen LogP contribution in [0.2, 0.25) is 0 Å². The fourth-order valence-electron chi connectivity index (χ4n) is 3.69. The molecule has 4 rings (SSSR count). The number of carboxylic acids is 1. The van der Waals surface area contributed by atoms with Gasteiger partial charge in [-0.05, 0) is 36.2 Å². The molecule has 2 aromatic carbocycles. The van der Waals surface area contributed by atoms with E-state index in [1.165, 1.54) is 0 Å². The topological polar surface area (TPSA) is 75.8 Å². The molecule has 1 aliphatic rings. The Bertz CT molecular complexity index is 950. The zero-order chi connectivity index (χ0) is 18.1. The zero-order valence-electron chi connectivity index (χ0n) is 14.5. The Kier molecular flexibility index (Phi) is 4.34. The SMILES string of the molecule is COc1ccc2ccccc2c1-c1cc(CN2CCC[C@@H]2C(=O)O)on1. The first-order valence-electron chi connectivity index (χ1n) is 8.66. The van der Waals surface area contributed by atoms with Gasteiger partial charge in [0.05, 0.1) is 19.2 Å². The second-order valence-corrected chi connectivity index (χ2v) is 6.51. The first-order chi connectivity index (χ1) is 12.7. The summed E-state index contributed by atoms with van der Waals surface area (Å²) in [4.78, 5) is 13.3. The lowest BCUT2D eigenvalue weighted by Gasteiger charge is -2.18. The first kappa shape index (κ1) is 16.6. The minimum absolute atomic E-state index is 0.442. The van der Waals surface area contributed by atoms with Crippen molar-refractivity contribution < 1.29 is 19.2 Å². The van der Waals surface area contributed by atoms with Gasteiger partial charge >= 0.3 is 5.97 Å². The normalized spacial score (nSPS) is 17.7. The van der Waals surface area contributed by atoms with E-state index in [-0.39, 0.29) is 0 Å².